The minimum absolute atomic E-state index is 0.345. The summed E-state index contributed by atoms with van der Waals surface area (Å²) in [5.41, 5.74) is 0.345. The van der Waals surface area contributed by atoms with Crippen molar-refractivity contribution in [3.8, 4) is 0 Å². The van der Waals surface area contributed by atoms with Crippen LogP contribution in [0.5, 0.6) is 0 Å². The van der Waals surface area contributed by atoms with Crippen LogP contribution in [0.4, 0.5) is 0 Å². The SMILES string of the molecule is CC(O)(S)OC(=O)c1ccc(S)cc1. The number of aliphatic hydroxyl groups is 1. The van der Waals surface area contributed by atoms with E-state index in [0.717, 1.165) is 4.90 Å². The number of carbonyl (C=O) groups is 1. The lowest BCUT2D eigenvalue weighted by molar-refractivity contribution is -0.0779. The van der Waals surface area contributed by atoms with Crippen molar-refractivity contribution in [3.05, 3.63) is 29.8 Å². The summed E-state index contributed by atoms with van der Waals surface area (Å²) in [6.45, 7) is 1.26. The molecule has 5 heteroatoms. The Morgan fingerprint density at radius 1 is 1.43 bits per heavy atom. The molecule has 1 N–H and O–H groups in total. The molecule has 1 aromatic rings. The summed E-state index contributed by atoms with van der Waals surface area (Å²) in [7, 11) is 0. The van der Waals surface area contributed by atoms with Crippen LogP contribution < -0.4 is 0 Å². The van der Waals surface area contributed by atoms with Crippen molar-refractivity contribution in [1.82, 2.24) is 0 Å². The molecule has 0 radical (unpaired) electrons. The van der Waals surface area contributed by atoms with E-state index in [4.69, 9.17) is 5.11 Å². The highest BCUT2D eigenvalue weighted by Gasteiger charge is 2.20. The number of thiol groups is 2. The van der Waals surface area contributed by atoms with Gasteiger partial charge in [-0.15, -0.1) is 25.3 Å². The second kappa shape index (κ2) is 4.25. The standard InChI is InChI=1S/C9H10O3S2/c1-9(11,14)12-8(10)6-2-4-7(13)5-3-6/h2-5,11,13-14H,1H3. The quantitative estimate of drug-likeness (QED) is 0.412. The molecule has 0 amide bonds. The van der Waals surface area contributed by atoms with Crippen LogP contribution in [0, 0.1) is 0 Å². The zero-order valence-electron chi connectivity index (χ0n) is 7.47. The predicted octanol–water partition coefficient (Wildman–Crippen LogP) is 1.73. The number of hydrogen-bond donors (Lipinski definition) is 3. The number of esters is 1. The molecule has 0 aliphatic rings. The summed E-state index contributed by atoms with van der Waals surface area (Å²) in [5.74, 6) is -0.627. The first-order valence-electron chi connectivity index (χ1n) is 3.85. The maximum atomic E-state index is 11.3. The summed E-state index contributed by atoms with van der Waals surface area (Å²) < 4.78 is 4.62. The second-order valence-corrected chi connectivity index (χ2v) is 4.22. The van der Waals surface area contributed by atoms with E-state index in [9.17, 15) is 4.79 Å². The Kier molecular flexibility index (Phi) is 3.47. The van der Waals surface area contributed by atoms with E-state index >= 15 is 0 Å². The van der Waals surface area contributed by atoms with E-state index in [2.05, 4.69) is 30.0 Å². The lowest BCUT2D eigenvalue weighted by atomic mass is 10.2. The zero-order chi connectivity index (χ0) is 10.8. The van der Waals surface area contributed by atoms with Crippen LogP contribution in [0.3, 0.4) is 0 Å². The molecule has 0 bridgehead atoms. The van der Waals surface area contributed by atoms with Gasteiger partial charge in [0.25, 0.3) is 5.12 Å². The minimum Gasteiger partial charge on any atom is -0.420 e. The van der Waals surface area contributed by atoms with Gasteiger partial charge in [-0.25, -0.2) is 4.79 Å². The molecule has 76 valence electrons. The Bertz CT molecular complexity index is 327. The number of hydrogen-bond acceptors (Lipinski definition) is 5. The van der Waals surface area contributed by atoms with Gasteiger partial charge in [0.05, 0.1) is 5.56 Å². The van der Waals surface area contributed by atoms with E-state index < -0.39 is 11.1 Å². The molecule has 14 heavy (non-hydrogen) atoms. The van der Waals surface area contributed by atoms with Gasteiger partial charge in [0.2, 0.25) is 0 Å². The molecule has 0 saturated heterocycles. The van der Waals surface area contributed by atoms with Gasteiger partial charge in [0.15, 0.2) is 0 Å². The first-order valence-corrected chi connectivity index (χ1v) is 4.75. The molecule has 0 fully saturated rings. The lowest BCUT2D eigenvalue weighted by Gasteiger charge is -2.16. The van der Waals surface area contributed by atoms with Gasteiger partial charge in [-0.3, -0.25) is 0 Å². The maximum Gasteiger partial charge on any atom is 0.341 e. The molecular formula is C9H10O3S2. The molecule has 1 unspecified atom stereocenters. The monoisotopic (exact) mass is 230 g/mol. The normalized spacial score (nSPS) is 14.6. The molecule has 0 aliphatic carbocycles. The maximum absolute atomic E-state index is 11.3. The molecule has 1 atom stereocenters. The van der Waals surface area contributed by atoms with E-state index in [1.807, 2.05) is 0 Å². The highest BCUT2D eigenvalue weighted by molar-refractivity contribution is 7.81. The highest BCUT2D eigenvalue weighted by atomic mass is 32.1. The van der Waals surface area contributed by atoms with Crippen molar-refractivity contribution >= 4 is 31.2 Å². The third kappa shape index (κ3) is 3.61. The largest absolute Gasteiger partial charge is 0.420 e. The Balaban J connectivity index is 2.76. The van der Waals surface area contributed by atoms with E-state index in [1.165, 1.54) is 6.92 Å². The summed E-state index contributed by atoms with van der Waals surface area (Å²) in [6, 6.07) is 6.44. The van der Waals surface area contributed by atoms with Gasteiger partial charge >= 0.3 is 5.97 Å². The molecule has 1 rings (SSSR count). The first-order chi connectivity index (χ1) is 6.38. The molecule has 3 nitrogen and oxygen atoms in total. The summed E-state index contributed by atoms with van der Waals surface area (Å²) >= 11 is 7.73. The van der Waals surface area contributed by atoms with E-state index in [-0.39, 0.29) is 0 Å². The molecule has 0 aliphatic heterocycles. The fourth-order valence-corrected chi connectivity index (χ4v) is 1.06. The second-order valence-electron chi connectivity index (χ2n) is 2.87. The Morgan fingerprint density at radius 3 is 2.36 bits per heavy atom. The average molecular weight is 230 g/mol. The Morgan fingerprint density at radius 2 is 1.93 bits per heavy atom. The molecular weight excluding hydrogens is 220 g/mol. The lowest BCUT2D eigenvalue weighted by Crippen LogP contribution is -2.24. The Labute approximate surface area is 92.9 Å². The van der Waals surface area contributed by atoms with E-state index in [1.54, 1.807) is 24.3 Å². The van der Waals surface area contributed by atoms with Crippen molar-refractivity contribution in [2.75, 3.05) is 0 Å². The van der Waals surface area contributed by atoms with Crippen LogP contribution >= 0.6 is 25.3 Å². The minimum atomic E-state index is -1.75. The first kappa shape index (κ1) is 11.4. The van der Waals surface area contributed by atoms with Crippen LogP contribution in [-0.2, 0) is 4.74 Å². The van der Waals surface area contributed by atoms with Crippen LogP contribution in [0.2, 0.25) is 0 Å². The average Bonchev–Trinajstić information content (AvgIpc) is 2.02. The predicted molar refractivity (Wildman–Crippen MR) is 58.7 cm³/mol. The fraction of sp³-hybridized carbons (Fsp3) is 0.222. The number of carbonyl (C=O) groups excluding carboxylic acids is 1. The highest BCUT2D eigenvalue weighted by Crippen LogP contribution is 2.15. The topological polar surface area (TPSA) is 46.5 Å². The third-order valence-corrected chi connectivity index (χ3v) is 1.78. The molecule has 0 spiro atoms. The van der Waals surface area contributed by atoms with Gasteiger partial charge in [0.1, 0.15) is 0 Å². The van der Waals surface area contributed by atoms with Gasteiger partial charge in [-0.1, -0.05) is 0 Å². The van der Waals surface area contributed by atoms with Crippen LogP contribution in [0.1, 0.15) is 17.3 Å². The van der Waals surface area contributed by atoms with Gasteiger partial charge in [-0.2, -0.15) is 0 Å². The van der Waals surface area contributed by atoms with Crippen molar-refractivity contribution in [3.63, 3.8) is 0 Å². The van der Waals surface area contributed by atoms with Crippen molar-refractivity contribution in [2.24, 2.45) is 0 Å². The van der Waals surface area contributed by atoms with Gasteiger partial charge < -0.3 is 9.84 Å². The van der Waals surface area contributed by atoms with Crippen LogP contribution in [0.25, 0.3) is 0 Å². The van der Waals surface area contributed by atoms with E-state index in [0.29, 0.717) is 5.56 Å². The van der Waals surface area contributed by atoms with Crippen LogP contribution in [0.15, 0.2) is 29.2 Å². The van der Waals surface area contributed by atoms with Crippen molar-refractivity contribution in [2.45, 2.75) is 16.9 Å². The third-order valence-electron chi connectivity index (χ3n) is 1.39. The molecule has 0 saturated carbocycles. The van der Waals surface area contributed by atoms with Crippen molar-refractivity contribution < 1.29 is 14.6 Å². The zero-order valence-corrected chi connectivity index (χ0v) is 9.26. The molecule has 0 heterocycles. The number of rotatable bonds is 2. The number of benzene rings is 1. The van der Waals surface area contributed by atoms with Gasteiger partial charge in [-0.05, 0) is 24.3 Å². The summed E-state index contributed by atoms with van der Waals surface area (Å²) in [6.07, 6.45) is 0. The summed E-state index contributed by atoms with van der Waals surface area (Å²) in [4.78, 5) is 12.1. The summed E-state index contributed by atoms with van der Waals surface area (Å²) in [5, 5.41) is 7.36. The van der Waals surface area contributed by atoms with Crippen LogP contribution in [-0.4, -0.2) is 16.2 Å². The number of ether oxygens (including phenoxy) is 1. The van der Waals surface area contributed by atoms with Gasteiger partial charge in [0, 0.05) is 11.8 Å². The Hall–Kier alpha value is -0.650. The van der Waals surface area contributed by atoms with Crippen molar-refractivity contribution in [1.29, 1.82) is 0 Å². The molecule has 1 aromatic carbocycles. The molecule has 0 aromatic heterocycles. The fourth-order valence-electron chi connectivity index (χ4n) is 0.832. The smallest absolute Gasteiger partial charge is 0.341 e.